The van der Waals surface area contributed by atoms with E-state index in [9.17, 15) is 10.1 Å². The van der Waals surface area contributed by atoms with Gasteiger partial charge < -0.3 is 5.73 Å². The summed E-state index contributed by atoms with van der Waals surface area (Å²) >= 11 is 6.13. The van der Waals surface area contributed by atoms with Gasteiger partial charge in [0.2, 0.25) is 5.82 Å². The predicted molar refractivity (Wildman–Crippen MR) is 79.1 cm³/mol. The monoisotopic (exact) mass is 303 g/mol. The molecule has 2 aromatic heterocycles. The van der Waals surface area contributed by atoms with Crippen LogP contribution >= 0.6 is 11.6 Å². The Morgan fingerprint density at radius 3 is 2.90 bits per heavy atom. The summed E-state index contributed by atoms with van der Waals surface area (Å²) in [5.41, 5.74) is 7.09. The van der Waals surface area contributed by atoms with Crippen LogP contribution in [-0.4, -0.2) is 19.7 Å². The first-order chi connectivity index (χ1) is 10.1. The van der Waals surface area contributed by atoms with Crippen LogP contribution < -0.4 is 5.73 Å². The molecule has 0 aliphatic heterocycles. The number of halogens is 1. The summed E-state index contributed by atoms with van der Waals surface area (Å²) in [7, 11) is 0. The van der Waals surface area contributed by atoms with Crippen molar-refractivity contribution in [3.8, 4) is 0 Å². The molecule has 21 heavy (non-hydrogen) atoms. The number of fused-ring (bicyclic) bond motifs is 1. The molecule has 0 amide bonds. The molecule has 0 unspecified atom stereocenters. The van der Waals surface area contributed by atoms with Gasteiger partial charge >= 0.3 is 5.69 Å². The first-order valence-electron chi connectivity index (χ1n) is 6.05. The van der Waals surface area contributed by atoms with Crippen molar-refractivity contribution in [2.45, 2.75) is 6.54 Å². The Hall–Kier alpha value is -2.67. The summed E-state index contributed by atoms with van der Waals surface area (Å²) in [5, 5.41) is 16.2. The zero-order chi connectivity index (χ0) is 15.0. The van der Waals surface area contributed by atoms with Gasteiger partial charge in [-0.3, -0.25) is 15.1 Å². The van der Waals surface area contributed by atoms with Gasteiger partial charge in [0.25, 0.3) is 0 Å². The normalized spacial score (nSPS) is 10.9. The van der Waals surface area contributed by atoms with E-state index in [2.05, 4.69) is 10.1 Å². The molecule has 0 fully saturated rings. The molecular formula is C13H10ClN5O2. The maximum absolute atomic E-state index is 10.8. The molecule has 0 atom stereocenters. The molecule has 106 valence electrons. The van der Waals surface area contributed by atoms with E-state index in [-0.39, 0.29) is 18.1 Å². The van der Waals surface area contributed by atoms with Crippen molar-refractivity contribution in [1.82, 2.24) is 14.8 Å². The van der Waals surface area contributed by atoms with Gasteiger partial charge in [-0.2, -0.15) is 5.10 Å². The lowest BCUT2D eigenvalue weighted by molar-refractivity contribution is -0.384. The van der Waals surface area contributed by atoms with Gasteiger partial charge in [-0.15, -0.1) is 0 Å². The van der Waals surface area contributed by atoms with E-state index in [1.807, 2.05) is 12.1 Å². The van der Waals surface area contributed by atoms with Crippen LogP contribution in [0.1, 0.15) is 5.56 Å². The third-order valence-corrected chi connectivity index (χ3v) is 3.51. The Morgan fingerprint density at radius 1 is 1.38 bits per heavy atom. The number of pyridine rings is 1. The standard InChI is InChI=1S/C13H10ClN5O2/c14-10-4-3-8(12-9(10)2-1-5-16-12)7-18-13(15)11(6-17-18)19(20)21/h1-6H,7,15H2. The van der Waals surface area contributed by atoms with Gasteiger partial charge in [-0.1, -0.05) is 17.7 Å². The second kappa shape index (κ2) is 5.02. The second-order valence-electron chi connectivity index (χ2n) is 4.44. The largest absolute Gasteiger partial charge is 0.378 e. The fraction of sp³-hybridized carbons (Fsp3) is 0.0769. The SMILES string of the molecule is Nc1c([N+](=O)[O-])cnn1Cc1ccc(Cl)c2cccnc12. The third-order valence-electron chi connectivity index (χ3n) is 3.18. The van der Waals surface area contributed by atoms with Crippen LogP contribution in [0.5, 0.6) is 0 Å². The van der Waals surface area contributed by atoms with E-state index >= 15 is 0 Å². The Balaban J connectivity index is 2.07. The molecule has 0 aliphatic carbocycles. The maximum Gasteiger partial charge on any atom is 0.330 e. The number of nitro groups is 1. The minimum absolute atomic E-state index is 0.0130. The topological polar surface area (TPSA) is 99.9 Å². The number of aromatic nitrogens is 3. The number of nitrogens with zero attached hydrogens (tertiary/aromatic N) is 4. The van der Waals surface area contributed by atoms with Crippen molar-refractivity contribution < 1.29 is 4.92 Å². The first kappa shape index (κ1) is 13.3. The van der Waals surface area contributed by atoms with Gasteiger partial charge in [0, 0.05) is 22.2 Å². The Morgan fingerprint density at radius 2 is 2.19 bits per heavy atom. The number of nitrogens with two attached hydrogens (primary N) is 1. The molecule has 0 saturated heterocycles. The van der Waals surface area contributed by atoms with Crippen LogP contribution in [0, 0.1) is 10.1 Å². The lowest BCUT2D eigenvalue weighted by atomic mass is 10.1. The van der Waals surface area contributed by atoms with Crippen LogP contribution in [0.15, 0.2) is 36.7 Å². The summed E-state index contributed by atoms with van der Waals surface area (Å²) < 4.78 is 1.37. The van der Waals surface area contributed by atoms with Crippen molar-refractivity contribution in [1.29, 1.82) is 0 Å². The fourth-order valence-electron chi connectivity index (χ4n) is 2.14. The van der Waals surface area contributed by atoms with E-state index in [1.54, 1.807) is 18.3 Å². The van der Waals surface area contributed by atoms with E-state index in [0.29, 0.717) is 5.02 Å². The minimum atomic E-state index is -0.558. The van der Waals surface area contributed by atoms with Crippen molar-refractivity contribution in [2.24, 2.45) is 0 Å². The van der Waals surface area contributed by atoms with Crippen molar-refractivity contribution in [3.63, 3.8) is 0 Å². The summed E-state index contributed by atoms with van der Waals surface area (Å²) in [5.74, 6) is 0.0130. The van der Waals surface area contributed by atoms with Gasteiger partial charge in [-0.25, -0.2) is 4.68 Å². The highest BCUT2D eigenvalue weighted by atomic mass is 35.5. The summed E-state index contributed by atoms with van der Waals surface area (Å²) in [4.78, 5) is 14.5. The van der Waals surface area contributed by atoms with Crippen molar-refractivity contribution >= 4 is 34.0 Å². The second-order valence-corrected chi connectivity index (χ2v) is 4.84. The molecule has 3 aromatic rings. The molecule has 2 N–H and O–H groups in total. The minimum Gasteiger partial charge on any atom is -0.378 e. The third kappa shape index (κ3) is 2.27. The molecule has 0 bridgehead atoms. The summed E-state index contributed by atoms with van der Waals surface area (Å²) in [6, 6.07) is 7.23. The lowest BCUT2D eigenvalue weighted by Gasteiger charge is -2.08. The highest BCUT2D eigenvalue weighted by Crippen LogP contribution is 2.27. The number of hydrogen-bond donors (Lipinski definition) is 1. The molecule has 7 nitrogen and oxygen atoms in total. The van der Waals surface area contributed by atoms with Crippen LogP contribution in [0.25, 0.3) is 10.9 Å². The summed E-state index contributed by atoms with van der Waals surface area (Å²) in [6.07, 6.45) is 2.80. The smallest absolute Gasteiger partial charge is 0.330 e. The number of benzene rings is 1. The predicted octanol–water partition coefficient (Wildman–Crippen LogP) is 2.62. The molecule has 0 aliphatic rings. The zero-order valence-corrected chi connectivity index (χ0v) is 11.5. The maximum atomic E-state index is 10.8. The first-order valence-corrected chi connectivity index (χ1v) is 6.43. The number of nitrogen functional groups attached to an aromatic ring is 1. The van der Waals surface area contributed by atoms with Gasteiger partial charge in [0.05, 0.1) is 17.0 Å². The Kier molecular flexibility index (Phi) is 3.19. The molecule has 3 rings (SSSR count). The van der Waals surface area contributed by atoms with Crippen LogP contribution in [0.4, 0.5) is 11.5 Å². The van der Waals surface area contributed by atoms with E-state index in [0.717, 1.165) is 22.7 Å². The van der Waals surface area contributed by atoms with Crippen LogP contribution in [-0.2, 0) is 6.54 Å². The van der Waals surface area contributed by atoms with Crippen LogP contribution in [0.3, 0.4) is 0 Å². The van der Waals surface area contributed by atoms with Crippen molar-refractivity contribution in [3.05, 3.63) is 57.4 Å². The van der Waals surface area contributed by atoms with Crippen molar-refractivity contribution in [2.75, 3.05) is 5.73 Å². The number of hydrogen-bond acceptors (Lipinski definition) is 5. The molecule has 8 heteroatoms. The fourth-order valence-corrected chi connectivity index (χ4v) is 2.35. The number of rotatable bonds is 3. The molecule has 0 saturated carbocycles. The molecule has 0 radical (unpaired) electrons. The van der Waals surface area contributed by atoms with E-state index < -0.39 is 4.92 Å². The molecule has 1 aromatic carbocycles. The molecule has 2 heterocycles. The molecule has 0 spiro atoms. The summed E-state index contributed by atoms with van der Waals surface area (Å²) in [6.45, 7) is 0.282. The lowest BCUT2D eigenvalue weighted by Crippen LogP contribution is -2.07. The quantitative estimate of drug-likeness (QED) is 0.592. The molecular weight excluding hydrogens is 294 g/mol. The zero-order valence-electron chi connectivity index (χ0n) is 10.7. The van der Waals surface area contributed by atoms with E-state index in [4.69, 9.17) is 17.3 Å². The van der Waals surface area contributed by atoms with Gasteiger partial charge in [0.15, 0.2) is 0 Å². The highest BCUT2D eigenvalue weighted by Gasteiger charge is 2.18. The highest BCUT2D eigenvalue weighted by molar-refractivity contribution is 6.35. The number of anilines is 1. The van der Waals surface area contributed by atoms with E-state index in [1.165, 1.54) is 4.68 Å². The van der Waals surface area contributed by atoms with Gasteiger partial charge in [-0.05, 0) is 18.2 Å². The average molecular weight is 304 g/mol. The van der Waals surface area contributed by atoms with Gasteiger partial charge in [0.1, 0.15) is 6.20 Å². The van der Waals surface area contributed by atoms with Crippen LogP contribution in [0.2, 0.25) is 5.02 Å². The average Bonchev–Trinajstić information content (AvgIpc) is 2.84. The Labute approximate surface area is 124 Å². The Bertz CT molecular complexity index is 846.